The Kier molecular flexibility index (Phi) is 7.02. The van der Waals surface area contributed by atoms with Gasteiger partial charge in [-0.15, -0.1) is 0 Å². The maximum Gasteiger partial charge on any atom is 0.234 e. The quantitative estimate of drug-likeness (QED) is 0.793. The Balaban J connectivity index is 2.37. The van der Waals surface area contributed by atoms with Crippen LogP contribution in [0.25, 0.3) is 0 Å². The molecule has 0 unspecified atom stereocenters. The van der Waals surface area contributed by atoms with Gasteiger partial charge >= 0.3 is 0 Å². The van der Waals surface area contributed by atoms with E-state index in [1.807, 2.05) is 13.8 Å². The number of hydrogen-bond donors (Lipinski definition) is 1. The molecule has 0 heterocycles. The number of amides is 1. The molecule has 0 saturated carbocycles. The normalized spacial score (nSPS) is 11.0. The Labute approximate surface area is 125 Å². The minimum absolute atomic E-state index is 0.0463. The SMILES string of the molecule is CC(C)CNC(=O)CN(C)CC(=O)Cc1ccccc1F. The van der Waals surface area contributed by atoms with Crippen LogP contribution in [-0.2, 0) is 16.0 Å². The third kappa shape index (κ3) is 6.99. The lowest BCUT2D eigenvalue weighted by atomic mass is 10.1. The van der Waals surface area contributed by atoms with Gasteiger partial charge in [0.15, 0.2) is 5.78 Å². The predicted molar refractivity (Wildman–Crippen MR) is 80.5 cm³/mol. The third-order valence-corrected chi connectivity index (χ3v) is 2.91. The largest absolute Gasteiger partial charge is 0.355 e. The number of nitrogens with zero attached hydrogens (tertiary/aromatic N) is 1. The molecule has 5 heteroatoms. The summed E-state index contributed by atoms with van der Waals surface area (Å²) in [5.41, 5.74) is 0.389. The number of ketones is 1. The van der Waals surface area contributed by atoms with Gasteiger partial charge in [0.25, 0.3) is 0 Å². The first-order chi connectivity index (χ1) is 9.88. The molecule has 1 rings (SSSR count). The van der Waals surface area contributed by atoms with Crippen molar-refractivity contribution in [2.45, 2.75) is 20.3 Å². The van der Waals surface area contributed by atoms with E-state index in [0.29, 0.717) is 18.0 Å². The van der Waals surface area contributed by atoms with Gasteiger partial charge in [0, 0.05) is 13.0 Å². The topological polar surface area (TPSA) is 49.4 Å². The average molecular weight is 294 g/mol. The molecule has 0 aliphatic heterocycles. The maximum absolute atomic E-state index is 13.4. The first-order valence-electron chi connectivity index (χ1n) is 7.08. The number of hydrogen-bond acceptors (Lipinski definition) is 3. The van der Waals surface area contributed by atoms with Crippen LogP contribution < -0.4 is 5.32 Å². The molecule has 1 aromatic rings. The van der Waals surface area contributed by atoms with Gasteiger partial charge in [0.05, 0.1) is 13.1 Å². The van der Waals surface area contributed by atoms with Gasteiger partial charge in [-0.1, -0.05) is 32.0 Å². The molecule has 1 amide bonds. The minimum atomic E-state index is -0.372. The van der Waals surface area contributed by atoms with E-state index < -0.39 is 0 Å². The van der Waals surface area contributed by atoms with E-state index in [1.165, 1.54) is 6.07 Å². The second kappa shape index (κ2) is 8.52. The summed E-state index contributed by atoms with van der Waals surface area (Å²) in [6.45, 7) is 4.94. The molecule has 4 nitrogen and oxygen atoms in total. The zero-order chi connectivity index (χ0) is 15.8. The summed E-state index contributed by atoms with van der Waals surface area (Å²) in [5.74, 6) is -0.200. The van der Waals surface area contributed by atoms with Gasteiger partial charge in [-0.25, -0.2) is 4.39 Å². The van der Waals surface area contributed by atoms with E-state index in [1.54, 1.807) is 30.1 Å². The number of nitrogens with one attached hydrogen (secondary N) is 1. The zero-order valence-corrected chi connectivity index (χ0v) is 12.9. The summed E-state index contributed by atoms with van der Waals surface area (Å²) in [6.07, 6.45) is 0.0463. The summed E-state index contributed by atoms with van der Waals surface area (Å²) in [5, 5.41) is 2.79. The molecule has 0 aliphatic carbocycles. The van der Waals surface area contributed by atoms with E-state index in [9.17, 15) is 14.0 Å². The lowest BCUT2D eigenvalue weighted by Crippen LogP contribution is -2.39. The average Bonchev–Trinajstić information content (AvgIpc) is 2.38. The van der Waals surface area contributed by atoms with Crippen LogP contribution >= 0.6 is 0 Å². The molecule has 0 spiro atoms. The predicted octanol–water partition coefficient (Wildman–Crippen LogP) is 1.64. The lowest BCUT2D eigenvalue weighted by molar-refractivity contribution is -0.123. The molecule has 1 N–H and O–H groups in total. The van der Waals surface area contributed by atoms with Crippen LogP contribution in [0.5, 0.6) is 0 Å². The van der Waals surface area contributed by atoms with Crippen molar-refractivity contribution in [1.82, 2.24) is 10.2 Å². The van der Waals surface area contributed by atoms with Crippen LogP contribution in [0, 0.1) is 11.7 Å². The second-order valence-corrected chi connectivity index (χ2v) is 5.68. The molecule has 0 radical (unpaired) electrons. The van der Waals surface area contributed by atoms with Crippen LogP contribution in [0.3, 0.4) is 0 Å². The summed E-state index contributed by atoms with van der Waals surface area (Å²) >= 11 is 0. The standard InChI is InChI=1S/C16H23FN2O2/c1-12(2)9-18-16(21)11-19(3)10-14(20)8-13-6-4-5-7-15(13)17/h4-7,12H,8-11H2,1-3H3,(H,18,21). The molecule has 21 heavy (non-hydrogen) atoms. The maximum atomic E-state index is 13.4. The van der Waals surface area contributed by atoms with Gasteiger partial charge < -0.3 is 5.32 Å². The Morgan fingerprint density at radius 3 is 2.52 bits per heavy atom. The highest BCUT2D eigenvalue weighted by molar-refractivity contribution is 5.84. The van der Waals surface area contributed by atoms with Crippen LogP contribution in [-0.4, -0.2) is 43.3 Å². The van der Waals surface area contributed by atoms with Crippen molar-refractivity contribution in [3.63, 3.8) is 0 Å². The number of benzene rings is 1. The molecule has 0 fully saturated rings. The summed E-state index contributed by atoms with van der Waals surface area (Å²) in [4.78, 5) is 25.1. The summed E-state index contributed by atoms with van der Waals surface area (Å²) < 4.78 is 13.4. The minimum Gasteiger partial charge on any atom is -0.355 e. The number of halogens is 1. The van der Waals surface area contributed by atoms with Gasteiger partial charge in [-0.3, -0.25) is 14.5 Å². The molecule has 0 bridgehead atoms. The highest BCUT2D eigenvalue weighted by atomic mass is 19.1. The van der Waals surface area contributed by atoms with E-state index in [0.717, 1.165) is 0 Å². The van der Waals surface area contributed by atoms with Crippen molar-refractivity contribution in [2.24, 2.45) is 5.92 Å². The van der Waals surface area contributed by atoms with Crippen LogP contribution in [0.15, 0.2) is 24.3 Å². The Hall–Kier alpha value is -1.75. The number of Topliss-reactive ketones (excluding diaryl/α,β-unsaturated/α-hetero) is 1. The van der Waals surface area contributed by atoms with Crippen molar-refractivity contribution in [1.29, 1.82) is 0 Å². The van der Waals surface area contributed by atoms with Gasteiger partial charge in [0.2, 0.25) is 5.91 Å². The highest BCUT2D eigenvalue weighted by Crippen LogP contribution is 2.07. The highest BCUT2D eigenvalue weighted by Gasteiger charge is 2.13. The third-order valence-electron chi connectivity index (χ3n) is 2.91. The van der Waals surface area contributed by atoms with E-state index in [4.69, 9.17) is 0 Å². The van der Waals surface area contributed by atoms with Crippen molar-refractivity contribution in [2.75, 3.05) is 26.7 Å². The van der Waals surface area contributed by atoms with E-state index >= 15 is 0 Å². The van der Waals surface area contributed by atoms with Crippen LogP contribution in [0.2, 0.25) is 0 Å². The molecule has 116 valence electrons. The molecule has 0 atom stereocenters. The number of rotatable bonds is 8. The van der Waals surface area contributed by atoms with E-state index in [-0.39, 0.29) is 37.0 Å². The Bertz CT molecular complexity index is 489. The van der Waals surface area contributed by atoms with Crippen molar-refractivity contribution < 1.29 is 14.0 Å². The van der Waals surface area contributed by atoms with E-state index in [2.05, 4.69) is 5.32 Å². The molecular formula is C16H23FN2O2. The molecule has 1 aromatic carbocycles. The number of carbonyl (C=O) groups excluding carboxylic acids is 2. The molecule has 0 aromatic heterocycles. The smallest absolute Gasteiger partial charge is 0.234 e. The molecular weight excluding hydrogens is 271 g/mol. The van der Waals surface area contributed by atoms with Crippen LogP contribution in [0.1, 0.15) is 19.4 Å². The fourth-order valence-electron chi connectivity index (χ4n) is 1.89. The summed E-state index contributed by atoms with van der Waals surface area (Å²) in [6, 6.07) is 6.23. The second-order valence-electron chi connectivity index (χ2n) is 5.68. The molecule has 0 saturated heterocycles. The zero-order valence-electron chi connectivity index (χ0n) is 12.9. The first-order valence-corrected chi connectivity index (χ1v) is 7.08. The van der Waals surface area contributed by atoms with Crippen molar-refractivity contribution >= 4 is 11.7 Å². The molecule has 0 aliphatic rings. The number of likely N-dealkylation sites (N-methyl/N-ethyl adjacent to an activating group) is 1. The summed E-state index contributed by atoms with van der Waals surface area (Å²) in [7, 11) is 1.70. The van der Waals surface area contributed by atoms with Gasteiger partial charge in [-0.05, 0) is 24.6 Å². The van der Waals surface area contributed by atoms with Crippen molar-refractivity contribution in [3.05, 3.63) is 35.6 Å². The fraction of sp³-hybridized carbons (Fsp3) is 0.500. The van der Waals surface area contributed by atoms with Crippen LogP contribution in [0.4, 0.5) is 4.39 Å². The number of carbonyl (C=O) groups is 2. The monoisotopic (exact) mass is 294 g/mol. The fourth-order valence-corrected chi connectivity index (χ4v) is 1.89. The Morgan fingerprint density at radius 1 is 1.24 bits per heavy atom. The first kappa shape index (κ1) is 17.3. The van der Waals surface area contributed by atoms with Gasteiger partial charge in [-0.2, -0.15) is 0 Å². The van der Waals surface area contributed by atoms with Crippen molar-refractivity contribution in [3.8, 4) is 0 Å². The van der Waals surface area contributed by atoms with Gasteiger partial charge in [0.1, 0.15) is 5.82 Å². The Morgan fingerprint density at radius 2 is 1.90 bits per heavy atom. The lowest BCUT2D eigenvalue weighted by Gasteiger charge is -2.16.